The van der Waals surface area contributed by atoms with Crippen molar-refractivity contribution >= 4 is 15.8 Å². The lowest BCUT2D eigenvalue weighted by molar-refractivity contribution is 0.0696. The summed E-state index contributed by atoms with van der Waals surface area (Å²) >= 11 is 0. The maximum Gasteiger partial charge on any atom is 0.336 e. The molecule has 5 nitrogen and oxygen atoms in total. The van der Waals surface area contributed by atoms with Gasteiger partial charge in [0.15, 0.2) is 9.84 Å². The van der Waals surface area contributed by atoms with Gasteiger partial charge in [-0.2, -0.15) is 0 Å². The number of rotatable bonds is 5. The van der Waals surface area contributed by atoms with Crippen LogP contribution < -0.4 is 0 Å². The summed E-state index contributed by atoms with van der Waals surface area (Å²) in [6.45, 7) is 1.78. The van der Waals surface area contributed by atoms with Crippen LogP contribution in [0.5, 0.6) is 0 Å². The summed E-state index contributed by atoms with van der Waals surface area (Å²) in [5, 5.41) is 9.51. The van der Waals surface area contributed by atoms with Crippen LogP contribution in [0.1, 0.15) is 21.7 Å². The molecule has 0 amide bonds. The molecule has 0 unspecified atom stereocenters. The Bertz CT molecular complexity index is 1020. The molecule has 1 N–H and O–H groups in total. The second-order valence-electron chi connectivity index (χ2n) is 5.64. The largest absolute Gasteiger partial charge is 0.478 e. The van der Waals surface area contributed by atoms with Gasteiger partial charge in [-0.3, -0.25) is 0 Å². The van der Waals surface area contributed by atoms with Crippen LogP contribution in [0, 0.1) is 6.92 Å². The van der Waals surface area contributed by atoms with Crippen molar-refractivity contribution in [3.63, 3.8) is 0 Å². The molecule has 0 fully saturated rings. The van der Waals surface area contributed by atoms with Gasteiger partial charge in [0.25, 0.3) is 0 Å². The molecule has 0 aliphatic rings. The lowest BCUT2D eigenvalue weighted by atomic mass is 10.0. The Morgan fingerprint density at radius 3 is 2.40 bits per heavy atom. The Morgan fingerprint density at radius 1 is 1.08 bits per heavy atom. The number of aromatic carboxylic acids is 1. The molecular formula is C19H16O5S. The summed E-state index contributed by atoms with van der Waals surface area (Å²) in [5.41, 5.74) is 1.67. The third kappa shape index (κ3) is 3.49. The van der Waals surface area contributed by atoms with Crippen LogP contribution in [-0.4, -0.2) is 19.5 Å². The van der Waals surface area contributed by atoms with Crippen molar-refractivity contribution in [2.45, 2.75) is 17.6 Å². The van der Waals surface area contributed by atoms with Gasteiger partial charge in [-0.25, -0.2) is 13.2 Å². The number of sulfone groups is 1. The Labute approximate surface area is 145 Å². The van der Waals surface area contributed by atoms with Gasteiger partial charge in [0.05, 0.1) is 22.5 Å². The molecule has 3 rings (SSSR count). The highest BCUT2D eigenvalue weighted by molar-refractivity contribution is 7.90. The van der Waals surface area contributed by atoms with Crippen LogP contribution in [0.25, 0.3) is 11.1 Å². The molecule has 128 valence electrons. The van der Waals surface area contributed by atoms with Gasteiger partial charge >= 0.3 is 5.97 Å². The van der Waals surface area contributed by atoms with Crippen LogP contribution in [0.3, 0.4) is 0 Å². The minimum Gasteiger partial charge on any atom is -0.478 e. The lowest BCUT2D eigenvalue weighted by Gasteiger charge is -2.10. The summed E-state index contributed by atoms with van der Waals surface area (Å²) in [7, 11) is -3.63. The highest BCUT2D eigenvalue weighted by Crippen LogP contribution is 2.28. The molecule has 2 aromatic carbocycles. The number of hydrogen-bond donors (Lipinski definition) is 1. The monoisotopic (exact) mass is 356 g/mol. The van der Waals surface area contributed by atoms with E-state index in [1.165, 1.54) is 24.5 Å². The van der Waals surface area contributed by atoms with Crippen LogP contribution >= 0.6 is 0 Å². The molecule has 0 radical (unpaired) electrons. The van der Waals surface area contributed by atoms with E-state index in [9.17, 15) is 18.3 Å². The molecule has 0 atom stereocenters. The molecule has 0 saturated heterocycles. The van der Waals surface area contributed by atoms with Crippen molar-refractivity contribution in [2.75, 3.05) is 0 Å². The minimum atomic E-state index is -3.63. The van der Waals surface area contributed by atoms with E-state index < -0.39 is 15.8 Å². The Kier molecular flexibility index (Phi) is 4.46. The van der Waals surface area contributed by atoms with Crippen LogP contribution in [0.15, 0.2) is 70.2 Å². The summed E-state index contributed by atoms with van der Waals surface area (Å²) < 4.78 is 30.3. The molecule has 1 heterocycles. The average Bonchev–Trinajstić information content (AvgIpc) is 3.01. The highest BCUT2D eigenvalue weighted by Gasteiger charge is 2.20. The smallest absolute Gasteiger partial charge is 0.336 e. The maximum atomic E-state index is 12.5. The summed E-state index contributed by atoms with van der Waals surface area (Å²) in [5.74, 6) is -0.870. The summed E-state index contributed by atoms with van der Waals surface area (Å²) in [4.78, 5) is 11.8. The van der Waals surface area contributed by atoms with Crippen molar-refractivity contribution in [1.29, 1.82) is 0 Å². The minimum absolute atomic E-state index is 0.0300. The first kappa shape index (κ1) is 17.0. The normalized spacial score (nSPS) is 11.4. The molecular weight excluding hydrogens is 340 g/mol. The number of benzene rings is 2. The standard InChI is InChI=1S/C19H16O5S/c1-13-17(9-10-24-13)14-7-8-15(18(11-14)19(20)21)12-25(22,23)16-5-3-2-4-6-16/h2-11H,12H2,1H3,(H,20,21). The number of hydrogen-bond acceptors (Lipinski definition) is 4. The fraction of sp³-hybridized carbons (Fsp3) is 0.105. The maximum absolute atomic E-state index is 12.5. The van der Waals surface area contributed by atoms with Gasteiger partial charge in [0, 0.05) is 5.56 Å². The van der Waals surface area contributed by atoms with Gasteiger partial charge in [0.1, 0.15) is 5.76 Å². The number of carboxylic acid groups (broad SMARTS) is 1. The van der Waals surface area contributed by atoms with Crippen molar-refractivity contribution in [3.8, 4) is 11.1 Å². The third-order valence-electron chi connectivity index (χ3n) is 3.96. The Hall–Kier alpha value is -2.86. The van der Waals surface area contributed by atoms with Gasteiger partial charge < -0.3 is 9.52 Å². The van der Waals surface area contributed by atoms with E-state index in [1.807, 2.05) is 0 Å². The molecule has 0 spiro atoms. The van der Waals surface area contributed by atoms with E-state index in [0.29, 0.717) is 11.3 Å². The number of furan rings is 1. The predicted molar refractivity (Wildman–Crippen MR) is 93.2 cm³/mol. The van der Waals surface area contributed by atoms with E-state index in [2.05, 4.69) is 0 Å². The average molecular weight is 356 g/mol. The van der Waals surface area contributed by atoms with Crippen LogP contribution in [-0.2, 0) is 15.6 Å². The molecule has 0 aliphatic carbocycles. The molecule has 0 saturated carbocycles. The molecule has 0 aliphatic heterocycles. The molecule has 3 aromatic rings. The SMILES string of the molecule is Cc1occc1-c1ccc(CS(=O)(=O)c2ccccc2)c(C(=O)O)c1. The van der Waals surface area contributed by atoms with E-state index in [-0.39, 0.29) is 21.8 Å². The first-order valence-corrected chi connectivity index (χ1v) is 9.22. The van der Waals surface area contributed by atoms with E-state index in [1.54, 1.807) is 43.3 Å². The van der Waals surface area contributed by atoms with Gasteiger partial charge in [-0.1, -0.05) is 30.3 Å². The lowest BCUT2D eigenvalue weighted by Crippen LogP contribution is -2.10. The van der Waals surface area contributed by atoms with Crippen molar-refractivity contribution in [2.24, 2.45) is 0 Å². The highest BCUT2D eigenvalue weighted by atomic mass is 32.2. The van der Waals surface area contributed by atoms with Gasteiger partial charge in [-0.15, -0.1) is 0 Å². The van der Waals surface area contributed by atoms with Gasteiger partial charge in [0.2, 0.25) is 0 Å². The van der Waals surface area contributed by atoms with E-state index in [0.717, 1.165) is 5.56 Å². The Balaban J connectivity index is 2.02. The summed E-state index contributed by atoms with van der Waals surface area (Å²) in [6.07, 6.45) is 1.53. The third-order valence-corrected chi connectivity index (χ3v) is 5.64. The second-order valence-corrected chi connectivity index (χ2v) is 7.63. The first-order chi connectivity index (χ1) is 11.9. The zero-order valence-corrected chi connectivity index (χ0v) is 14.3. The second kappa shape index (κ2) is 6.57. The van der Waals surface area contributed by atoms with Crippen molar-refractivity contribution in [1.82, 2.24) is 0 Å². The van der Waals surface area contributed by atoms with E-state index >= 15 is 0 Å². The topological polar surface area (TPSA) is 84.6 Å². The molecule has 25 heavy (non-hydrogen) atoms. The zero-order valence-electron chi connectivity index (χ0n) is 13.5. The molecule has 1 aromatic heterocycles. The van der Waals surface area contributed by atoms with Crippen molar-refractivity contribution in [3.05, 3.63) is 77.7 Å². The van der Waals surface area contributed by atoms with Crippen LogP contribution in [0.4, 0.5) is 0 Å². The molecule has 6 heteroatoms. The molecule has 0 bridgehead atoms. The van der Waals surface area contributed by atoms with Gasteiger partial charge in [-0.05, 0) is 42.3 Å². The number of aryl methyl sites for hydroxylation is 1. The number of carboxylic acids is 1. The van der Waals surface area contributed by atoms with Crippen LogP contribution in [0.2, 0.25) is 0 Å². The predicted octanol–water partition coefficient (Wildman–Crippen LogP) is 3.93. The van der Waals surface area contributed by atoms with E-state index in [4.69, 9.17) is 4.42 Å². The first-order valence-electron chi connectivity index (χ1n) is 7.57. The fourth-order valence-electron chi connectivity index (χ4n) is 2.67. The zero-order chi connectivity index (χ0) is 18.0. The Morgan fingerprint density at radius 2 is 1.80 bits per heavy atom. The van der Waals surface area contributed by atoms with Crippen molar-refractivity contribution < 1.29 is 22.7 Å². The number of carbonyl (C=O) groups is 1. The fourth-order valence-corrected chi connectivity index (χ4v) is 4.07. The summed E-state index contributed by atoms with van der Waals surface area (Å²) in [6, 6.07) is 14.5. The quantitative estimate of drug-likeness (QED) is 0.749.